The minimum Gasteiger partial charge on any atom is -0.337 e. The van der Waals surface area contributed by atoms with Crippen LogP contribution in [0.5, 0.6) is 0 Å². The van der Waals surface area contributed by atoms with Gasteiger partial charge in [0.25, 0.3) is 11.1 Å². The highest BCUT2D eigenvalue weighted by Gasteiger charge is 2.31. The van der Waals surface area contributed by atoms with Gasteiger partial charge in [0.2, 0.25) is 5.91 Å². The molecule has 5 nitrogen and oxygen atoms in total. The first kappa shape index (κ1) is 22.9. The third-order valence-corrected chi connectivity index (χ3v) is 7.15. The SMILES string of the molecule is CN(Cc1cccc(-c2ccc(CC3SC(=O)NC3=O)cc2)c1)C(=O)c1ccc2ccccc2c1. The van der Waals surface area contributed by atoms with E-state index in [2.05, 4.69) is 11.4 Å². The fourth-order valence-corrected chi connectivity index (χ4v) is 5.17. The third kappa shape index (κ3) is 5.12. The number of nitrogens with zero attached hydrogens (tertiary/aromatic N) is 1. The van der Waals surface area contributed by atoms with Crippen LogP contribution in [0.15, 0.2) is 91.0 Å². The molecule has 4 aromatic carbocycles. The molecular formula is C29H24N2O3S. The maximum Gasteiger partial charge on any atom is 0.286 e. The summed E-state index contributed by atoms with van der Waals surface area (Å²) in [5, 5.41) is 3.85. The van der Waals surface area contributed by atoms with Crippen LogP contribution in [0.3, 0.4) is 0 Å². The Morgan fingerprint density at radius 1 is 0.829 bits per heavy atom. The van der Waals surface area contributed by atoms with Gasteiger partial charge in [0.05, 0.1) is 5.25 Å². The van der Waals surface area contributed by atoms with Gasteiger partial charge in [0.1, 0.15) is 0 Å². The lowest BCUT2D eigenvalue weighted by atomic mass is 10.00. The zero-order chi connectivity index (χ0) is 24.4. The Morgan fingerprint density at radius 3 is 2.34 bits per heavy atom. The van der Waals surface area contributed by atoms with Gasteiger partial charge in [-0.15, -0.1) is 0 Å². The monoisotopic (exact) mass is 480 g/mol. The maximum atomic E-state index is 13.0. The summed E-state index contributed by atoms with van der Waals surface area (Å²) in [4.78, 5) is 38.0. The van der Waals surface area contributed by atoms with Crippen LogP contribution in [-0.4, -0.2) is 34.3 Å². The summed E-state index contributed by atoms with van der Waals surface area (Å²) in [6, 6.07) is 30.0. The van der Waals surface area contributed by atoms with Gasteiger partial charge in [0.15, 0.2) is 0 Å². The smallest absolute Gasteiger partial charge is 0.286 e. The van der Waals surface area contributed by atoms with Gasteiger partial charge in [-0.25, -0.2) is 0 Å². The Hall–Kier alpha value is -3.90. The molecule has 0 bridgehead atoms. The van der Waals surface area contributed by atoms with Gasteiger partial charge in [-0.2, -0.15) is 0 Å². The number of hydrogen-bond donors (Lipinski definition) is 1. The molecule has 0 radical (unpaired) electrons. The molecular weight excluding hydrogens is 456 g/mol. The van der Waals surface area contributed by atoms with E-state index in [1.165, 1.54) is 0 Å². The van der Waals surface area contributed by atoms with Crippen molar-refractivity contribution in [3.63, 3.8) is 0 Å². The lowest BCUT2D eigenvalue weighted by Gasteiger charge is -2.18. The number of thioether (sulfide) groups is 1. The molecule has 1 unspecified atom stereocenters. The number of imide groups is 1. The fourth-order valence-electron chi connectivity index (χ4n) is 4.31. The van der Waals surface area contributed by atoms with E-state index < -0.39 is 0 Å². The maximum absolute atomic E-state index is 13.0. The topological polar surface area (TPSA) is 66.5 Å². The van der Waals surface area contributed by atoms with Crippen LogP contribution in [0.1, 0.15) is 21.5 Å². The third-order valence-electron chi connectivity index (χ3n) is 6.17. The predicted octanol–water partition coefficient (Wildman–Crippen LogP) is 5.67. The minimum absolute atomic E-state index is 0.0159. The predicted molar refractivity (Wildman–Crippen MR) is 140 cm³/mol. The van der Waals surface area contributed by atoms with Gasteiger partial charge >= 0.3 is 0 Å². The van der Waals surface area contributed by atoms with E-state index in [0.717, 1.165) is 44.8 Å². The molecule has 0 aromatic heterocycles. The molecule has 1 aliphatic heterocycles. The molecule has 35 heavy (non-hydrogen) atoms. The molecule has 1 saturated heterocycles. The van der Waals surface area contributed by atoms with Crippen molar-refractivity contribution in [2.24, 2.45) is 0 Å². The number of amides is 3. The number of nitrogens with one attached hydrogen (secondary N) is 1. The molecule has 4 aromatic rings. The molecule has 1 atom stereocenters. The van der Waals surface area contributed by atoms with Gasteiger partial charge in [-0.05, 0) is 57.6 Å². The van der Waals surface area contributed by atoms with E-state index in [0.29, 0.717) is 18.5 Å². The summed E-state index contributed by atoms with van der Waals surface area (Å²) >= 11 is 1.05. The Kier molecular flexibility index (Phi) is 6.38. The van der Waals surface area contributed by atoms with Crippen molar-refractivity contribution in [1.29, 1.82) is 0 Å². The second kappa shape index (κ2) is 9.76. The normalized spacial score (nSPS) is 15.3. The second-order valence-corrected chi connectivity index (χ2v) is 9.88. The molecule has 1 aliphatic rings. The molecule has 1 heterocycles. The Bertz CT molecular complexity index is 1430. The molecule has 174 valence electrons. The fraction of sp³-hybridized carbons (Fsp3) is 0.138. The van der Waals surface area contributed by atoms with Crippen LogP contribution in [0.2, 0.25) is 0 Å². The Morgan fingerprint density at radius 2 is 1.60 bits per heavy atom. The zero-order valence-electron chi connectivity index (χ0n) is 19.2. The van der Waals surface area contributed by atoms with Crippen LogP contribution in [-0.2, 0) is 17.8 Å². The molecule has 3 amide bonds. The average Bonchev–Trinajstić information content (AvgIpc) is 3.20. The van der Waals surface area contributed by atoms with Crippen molar-refractivity contribution >= 4 is 39.6 Å². The van der Waals surface area contributed by atoms with Crippen molar-refractivity contribution < 1.29 is 14.4 Å². The summed E-state index contributed by atoms with van der Waals surface area (Å²) in [6.07, 6.45) is 0.518. The largest absolute Gasteiger partial charge is 0.337 e. The number of carbonyl (C=O) groups excluding carboxylic acids is 3. The molecule has 0 spiro atoms. The van der Waals surface area contributed by atoms with Crippen LogP contribution in [0, 0.1) is 0 Å². The second-order valence-electron chi connectivity index (χ2n) is 8.71. The van der Waals surface area contributed by atoms with E-state index in [9.17, 15) is 14.4 Å². The van der Waals surface area contributed by atoms with E-state index in [4.69, 9.17) is 0 Å². The molecule has 1 fully saturated rings. The van der Waals surface area contributed by atoms with Crippen molar-refractivity contribution in [1.82, 2.24) is 10.2 Å². The summed E-state index contributed by atoms with van der Waals surface area (Å²) < 4.78 is 0. The zero-order valence-corrected chi connectivity index (χ0v) is 20.0. The van der Waals surface area contributed by atoms with Crippen molar-refractivity contribution in [3.8, 4) is 11.1 Å². The summed E-state index contributed by atoms with van der Waals surface area (Å²) in [7, 11) is 1.82. The van der Waals surface area contributed by atoms with E-state index in [1.807, 2.05) is 92.0 Å². The lowest BCUT2D eigenvalue weighted by molar-refractivity contribution is -0.118. The Balaban J connectivity index is 1.27. The first-order valence-corrected chi connectivity index (χ1v) is 12.3. The molecule has 5 rings (SSSR count). The number of carbonyl (C=O) groups is 3. The van der Waals surface area contributed by atoms with Crippen molar-refractivity contribution in [2.75, 3.05) is 7.05 Å². The van der Waals surface area contributed by atoms with E-state index >= 15 is 0 Å². The number of hydrogen-bond acceptors (Lipinski definition) is 4. The number of benzene rings is 4. The standard InChI is InChI=1S/C29H24N2O3S/c1-31(28(33)25-14-13-21-6-2-3-7-24(21)17-25)18-20-5-4-8-23(15-20)22-11-9-19(10-12-22)16-26-27(32)30-29(34)35-26/h2-15,17,26H,16,18H2,1H3,(H,30,32,34). The van der Waals surface area contributed by atoms with Gasteiger partial charge in [-0.3, -0.25) is 19.7 Å². The van der Waals surface area contributed by atoms with Crippen LogP contribution in [0.4, 0.5) is 4.79 Å². The molecule has 0 aliphatic carbocycles. The average molecular weight is 481 g/mol. The van der Waals surface area contributed by atoms with Crippen LogP contribution < -0.4 is 5.32 Å². The summed E-state index contributed by atoms with van der Waals surface area (Å²) in [5.74, 6) is -0.239. The molecule has 1 N–H and O–H groups in total. The number of rotatable bonds is 6. The van der Waals surface area contributed by atoms with Crippen molar-refractivity contribution in [3.05, 3.63) is 108 Å². The van der Waals surface area contributed by atoms with Gasteiger partial charge < -0.3 is 4.90 Å². The summed E-state index contributed by atoms with van der Waals surface area (Å²) in [5.41, 5.74) is 4.84. The van der Waals surface area contributed by atoms with Gasteiger partial charge in [-0.1, -0.05) is 84.6 Å². The molecule has 0 saturated carbocycles. The first-order chi connectivity index (χ1) is 17.0. The van der Waals surface area contributed by atoms with Gasteiger partial charge in [0, 0.05) is 19.2 Å². The van der Waals surface area contributed by atoms with E-state index in [-0.39, 0.29) is 22.3 Å². The highest BCUT2D eigenvalue weighted by molar-refractivity contribution is 8.15. The van der Waals surface area contributed by atoms with Crippen LogP contribution >= 0.6 is 11.8 Å². The minimum atomic E-state index is -0.368. The Labute approximate surface area is 208 Å². The van der Waals surface area contributed by atoms with Crippen LogP contribution in [0.25, 0.3) is 21.9 Å². The van der Waals surface area contributed by atoms with Crippen molar-refractivity contribution in [2.45, 2.75) is 18.2 Å². The first-order valence-electron chi connectivity index (χ1n) is 11.4. The summed E-state index contributed by atoms with van der Waals surface area (Å²) in [6.45, 7) is 0.500. The highest BCUT2D eigenvalue weighted by Crippen LogP contribution is 2.26. The quantitative estimate of drug-likeness (QED) is 0.386. The highest BCUT2D eigenvalue weighted by atomic mass is 32.2. The number of fused-ring (bicyclic) bond motifs is 1. The lowest BCUT2D eigenvalue weighted by Crippen LogP contribution is -2.26. The van der Waals surface area contributed by atoms with E-state index in [1.54, 1.807) is 4.90 Å². The molecule has 6 heteroatoms.